The number of ether oxygens (including phenoxy) is 2. The van der Waals surface area contributed by atoms with E-state index in [0.29, 0.717) is 6.54 Å². The lowest BCUT2D eigenvalue weighted by molar-refractivity contribution is 0.0375. The van der Waals surface area contributed by atoms with Crippen LogP contribution in [0.5, 0.6) is 5.75 Å². The molecule has 2 amide bonds. The van der Waals surface area contributed by atoms with Gasteiger partial charge in [-0.2, -0.15) is 0 Å². The first-order valence-corrected chi connectivity index (χ1v) is 7.27. The highest BCUT2D eigenvalue weighted by atomic mass is 16.5. The van der Waals surface area contributed by atoms with Crippen molar-refractivity contribution >= 4 is 11.7 Å². The van der Waals surface area contributed by atoms with Gasteiger partial charge in [-0.25, -0.2) is 4.79 Å². The standard InChI is InChI=1S/C15H23N3O3/c1-20-14-5-3-13(4-6-14)17-15(19)16-7-2-8-18-9-11-21-12-10-18/h3-6H,2,7-12H2,1H3,(H2,16,17,19). The second kappa shape index (κ2) is 8.49. The number of methoxy groups -OCH3 is 1. The molecular weight excluding hydrogens is 270 g/mol. The van der Waals surface area contributed by atoms with Crippen molar-refractivity contribution in [3.8, 4) is 5.75 Å². The molecular formula is C15H23N3O3. The third-order valence-electron chi connectivity index (χ3n) is 3.39. The molecule has 0 unspecified atom stereocenters. The zero-order chi connectivity index (χ0) is 14.9. The van der Waals surface area contributed by atoms with E-state index in [9.17, 15) is 4.79 Å². The van der Waals surface area contributed by atoms with Crippen molar-refractivity contribution in [1.82, 2.24) is 10.2 Å². The number of anilines is 1. The molecule has 116 valence electrons. The minimum absolute atomic E-state index is 0.179. The van der Waals surface area contributed by atoms with Gasteiger partial charge in [-0.1, -0.05) is 0 Å². The molecule has 2 rings (SSSR count). The number of amides is 2. The molecule has 1 heterocycles. The summed E-state index contributed by atoms with van der Waals surface area (Å²) < 4.78 is 10.4. The minimum Gasteiger partial charge on any atom is -0.497 e. The molecule has 0 spiro atoms. The Balaban J connectivity index is 1.60. The van der Waals surface area contributed by atoms with Crippen molar-refractivity contribution in [3.63, 3.8) is 0 Å². The first kappa shape index (κ1) is 15.6. The average Bonchev–Trinajstić information content (AvgIpc) is 2.53. The van der Waals surface area contributed by atoms with Gasteiger partial charge in [0, 0.05) is 25.3 Å². The van der Waals surface area contributed by atoms with Gasteiger partial charge in [-0.3, -0.25) is 4.90 Å². The van der Waals surface area contributed by atoms with E-state index in [2.05, 4.69) is 15.5 Å². The smallest absolute Gasteiger partial charge is 0.319 e. The molecule has 1 fully saturated rings. The topological polar surface area (TPSA) is 62.8 Å². The van der Waals surface area contributed by atoms with Crippen molar-refractivity contribution in [2.75, 3.05) is 51.8 Å². The fourth-order valence-corrected chi connectivity index (χ4v) is 2.18. The molecule has 0 saturated carbocycles. The highest BCUT2D eigenvalue weighted by Gasteiger charge is 2.09. The Morgan fingerprint density at radius 2 is 2.00 bits per heavy atom. The lowest BCUT2D eigenvalue weighted by Crippen LogP contribution is -2.38. The van der Waals surface area contributed by atoms with E-state index in [1.165, 1.54) is 0 Å². The molecule has 1 aliphatic heterocycles. The maximum atomic E-state index is 11.7. The molecule has 0 atom stereocenters. The van der Waals surface area contributed by atoms with E-state index in [0.717, 1.165) is 50.7 Å². The fourth-order valence-electron chi connectivity index (χ4n) is 2.18. The van der Waals surface area contributed by atoms with Crippen LogP contribution in [0.15, 0.2) is 24.3 Å². The van der Waals surface area contributed by atoms with Crippen LogP contribution in [0.1, 0.15) is 6.42 Å². The van der Waals surface area contributed by atoms with Crippen LogP contribution in [0.2, 0.25) is 0 Å². The van der Waals surface area contributed by atoms with Gasteiger partial charge in [0.1, 0.15) is 5.75 Å². The highest BCUT2D eigenvalue weighted by molar-refractivity contribution is 5.89. The van der Waals surface area contributed by atoms with E-state index in [-0.39, 0.29) is 6.03 Å². The van der Waals surface area contributed by atoms with E-state index in [1.54, 1.807) is 7.11 Å². The quantitative estimate of drug-likeness (QED) is 0.781. The van der Waals surface area contributed by atoms with Crippen molar-refractivity contribution in [2.45, 2.75) is 6.42 Å². The summed E-state index contributed by atoms with van der Waals surface area (Å²) in [5.41, 5.74) is 0.751. The summed E-state index contributed by atoms with van der Waals surface area (Å²) in [6.07, 6.45) is 0.941. The average molecular weight is 293 g/mol. The Morgan fingerprint density at radius 3 is 2.67 bits per heavy atom. The number of urea groups is 1. The molecule has 21 heavy (non-hydrogen) atoms. The number of rotatable bonds is 6. The van der Waals surface area contributed by atoms with E-state index >= 15 is 0 Å². The largest absolute Gasteiger partial charge is 0.497 e. The molecule has 0 aromatic heterocycles. The van der Waals surface area contributed by atoms with Crippen molar-refractivity contribution in [2.24, 2.45) is 0 Å². The second-order valence-electron chi connectivity index (χ2n) is 4.92. The minimum atomic E-state index is -0.179. The van der Waals surface area contributed by atoms with E-state index in [4.69, 9.17) is 9.47 Å². The Labute approximate surface area is 125 Å². The Bertz CT molecular complexity index is 430. The van der Waals surface area contributed by atoms with Gasteiger partial charge >= 0.3 is 6.03 Å². The Kier molecular flexibility index (Phi) is 6.30. The SMILES string of the molecule is COc1ccc(NC(=O)NCCCN2CCOCC2)cc1. The van der Waals surface area contributed by atoms with Crippen molar-refractivity contribution in [3.05, 3.63) is 24.3 Å². The van der Waals surface area contributed by atoms with Crippen LogP contribution in [0.25, 0.3) is 0 Å². The van der Waals surface area contributed by atoms with Crippen LogP contribution in [0, 0.1) is 0 Å². The first-order chi connectivity index (χ1) is 10.3. The maximum Gasteiger partial charge on any atom is 0.319 e. The number of morpholine rings is 1. The van der Waals surface area contributed by atoms with Crippen LogP contribution in [0.3, 0.4) is 0 Å². The van der Waals surface area contributed by atoms with E-state index < -0.39 is 0 Å². The van der Waals surface area contributed by atoms with Gasteiger partial charge in [-0.05, 0) is 37.2 Å². The summed E-state index contributed by atoms with van der Waals surface area (Å²) in [5.74, 6) is 0.770. The molecule has 1 saturated heterocycles. The summed E-state index contributed by atoms with van der Waals surface area (Å²) in [7, 11) is 1.61. The molecule has 0 radical (unpaired) electrons. The predicted octanol–water partition coefficient (Wildman–Crippen LogP) is 1.54. The van der Waals surface area contributed by atoms with Crippen LogP contribution in [-0.2, 0) is 4.74 Å². The Hall–Kier alpha value is -1.79. The van der Waals surface area contributed by atoms with Gasteiger partial charge in [0.05, 0.1) is 20.3 Å². The van der Waals surface area contributed by atoms with Crippen LogP contribution < -0.4 is 15.4 Å². The molecule has 0 bridgehead atoms. The van der Waals surface area contributed by atoms with Gasteiger partial charge in [0.25, 0.3) is 0 Å². The number of carbonyl (C=O) groups excluding carboxylic acids is 1. The summed E-state index contributed by atoms with van der Waals surface area (Å²) in [4.78, 5) is 14.1. The lowest BCUT2D eigenvalue weighted by Gasteiger charge is -2.26. The zero-order valence-corrected chi connectivity index (χ0v) is 12.4. The van der Waals surface area contributed by atoms with Gasteiger partial charge in [0.2, 0.25) is 0 Å². The third-order valence-corrected chi connectivity index (χ3v) is 3.39. The zero-order valence-electron chi connectivity index (χ0n) is 12.4. The van der Waals surface area contributed by atoms with Crippen LogP contribution in [-0.4, -0.2) is 57.4 Å². The number of benzene rings is 1. The summed E-state index contributed by atoms with van der Waals surface area (Å²) >= 11 is 0. The Morgan fingerprint density at radius 1 is 1.29 bits per heavy atom. The fraction of sp³-hybridized carbons (Fsp3) is 0.533. The number of hydrogen-bond donors (Lipinski definition) is 2. The number of nitrogens with one attached hydrogen (secondary N) is 2. The lowest BCUT2D eigenvalue weighted by atomic mass is 10.3. The molecule has 1 aromatic rings. The normalized spacial score (nSPS) is 15.5. The molecule has 1 aromatic carbocycles. The molecule has 2 N–H and O–H groups in total. The first-order valence-electron chi connectivity index (χ1n) is 7.27. The van der Waals surface area contributed by atoms with Gasteiger partial charge in [0.15, 0.2) is 0 Å². The molecule has 6 nitrogen and oxygen atoms in total. The predicted molar refractivity (Wildman–Crippen MR) is 81.9 cm³/mol. The van der Waals surface area contributed by atoms with Crippen LogP contribution >= 0.6 is 0 Å². The van der Waals surface area contributed by atoms with Gasteiger partial charge in [-0.15, -0.1) is 0 Å². The third kappa shape index (κ3) is 5.61. The maximum absolute atomic E-state index is 11.7. The van der Waals surface area contributed by atoms with Crippen LogP contribution in [0.4, 0.5) is 10.5 Å². The monoisotopic (exact) mass is 293 g/mol. The summed E-state index contributed by atoms with van der Waals surface area (Å²) in [6, 6.07) is 7.07. The second-order valence-corrected chi connectivity index (χ2v) is 4.92. The molecule has 0 aliphatic carbocycles. The highest BCUT2D eigenvalue weighted by Crippen LogP contribution is 2.14. The summed E-state index contributed by atoms with van der Waals surface area (Å²) in [6.45, 7) is 5.25. The van der Waals surface area contributed by atoms with E-state index in [1.807, 2.05) is 24.3 Å². The number of carbonyl (C=O) groups is 1. The molecule has 1 aliphatic rings. The molecule has 6 heteroatoms. The van der Waals surface area contributed by atoms with Gasteiger partial charge < -0.3 is 20.1 Å². The number of hydrogen-bond acceptors (Lipinski definition) is 4. The number of nitrogens with zero attached hydrogens (tertiary/aromatic N) is 1. The van der Waals surface area contributed by atoms with Crippen molar-refractivity contribution < 1.29 is 14.3 Å². The van der Waals surface area contributed by atoms with Crippen molar-refractivity contribution in [1.29, 1.82) is 0 Å². The summed E-state index contributed by atoms with van der Waals surface area (Å²) in [5, 5.41) is 5.65.